The van der Waals surface area contributed by atoms with E-state index in [0.717, 1.165) is 17.0 Å². The Morgan fingerprint density at radius 3 is 2.71 bits per heavy atom. The normalized spacial score (nSPS) is 10.3. The summed E-state index contributed by atoms with van der Waals surface area (Å²) in [5.41, 5.74) is 3.60. The Morgan fingerprint density at radius 1 is 1.46 bits per heavy atom. The quantitative estimate of drug-likeness (QED) is 0.486. The number of aryl methyl sites for hydroxylation is 2. The van der Waals surface area contributed by atoms with Gasteiger partial charge in [-0.1, -0.05) is 0 Å². The van der Waals surface area contributed by atoms with Gasteiger partial charge in [-0.25, -0.2) is 0 Å². The highest BCUT2D eigenvalue weighted by atomic mass is 32.1. The van der Waals surface area contributed by atoms with E-state index in [0.29, 0.717) is 23.1 Å². The summed E-state index contributed by atoms with van der Waals surface area (Å²) in [7, 11) is 3.34. The van der Waals surface area contributed by atoms with Crippen LogP contribution < -0.4 is 15.4 Å². The molecule has 0 saturated heterocycles. The fourth-order valence-corrected chi connectivity index (χ4v) is 2.49. The molecule has 1 aromatic carbocycles. The van der Waals surface area contributed by atoms with Gasteiger partial charge in [0, 0.05) is 30.9 Å². The van der Waals surface area contributed by atoms with Gasteiger partial charge in [0.15, 0.2) is 5.11 Å². The number of anilines is 1. The van der Waals surface area contributed by atoms with Gasteiger partial charge in [-0.05, 0) is 32.1 Å². The molecular weight excluding hydrogens is 330 g/mol. The number of nitrogens with one attached hydrogen (secondary N) is 2. The van der Waals surface area contributed by atoms with Crippen LogP contribution in [0.15, 0.2) is 18.2 Å². The van der Waals surface area contributed by atoms with Crippen LogP contribution in [-0.2, 0) is 13.6 Å². The number of aromatic nitrogens is 2. The monoisotopic (exact) mass is 349 g/mol. The molecule has 9 heteroatoms. The van der Waals surface area contributed by atoms with Gasteiger partial charge in [0.05, 0.1) is 29.5 Å². The van der Waals surface area contributed by atoms with E-state index in [-0.39, 0.29) is 5.69 Å². The summed E-state index contributed by atoms with van der Waals surface area (Å²) >= 11 is 5.28. The Labute approximate surface area is 145 Å². The highest BCUT2D eigenvalue weighted by Gasteiger charge is 2.13. The summed E-state index contributed by atoms with van der Waals surface area (Å²) in [5, 5.41) is 21.7. The lowest BCUT2D eigenvalue weighted by molar-refractivity contribution is -0.384. The minimum absolute atomic E-state index is 0.0436. The van der Waals surface area contributed by atoms with Crippen LogP contribution in [0.1, 0.15) is 17.0 Å². The van der Waals surface area contributed by atoms with Crippen molar-refractivity contribution in [2.45, 2.75) is 20.4 Å². The number of nitrogens with zero attached hydrogens (tertiary/aromatic N) is 3. The number of thiocarbonyl (C=S) groups is 1. The zero-order valence-corrected chi connectivity index (χ0v) is 14.7. The van der Waals surface area contributed by atoms with Gasteiger partial charge in [0.1, 0.15) is 5.75 Å². The molecule has 1 aromatic heterocycles. The fourth-order valence-electron chi connectivity index (χ4n) is 2.31. The van der Waals surface area contributed by atoms with E-state index in [1.165, 1.54) is 19.2 Å². The maximum atomic E-state index is 10.8. The average molecular weight is 349 g/mol. The molecule has 128 valence electrons. The molecule has 2 aromatic rings. The molecule has 0 aliphatic rings. The molecule has 0 aliphatic carbocycles. The number of hydrogen-bond donors (Lipinski definition) is 2. The second kappa shape index (κ2) is 7.26. The summed E-state index contributed by atoms with van der Waals surface area (Å²) < 4.78 is 7.00. The molecule has 0 atom stereocenters. The Morgan fingerprint density at radius 2 is 2.17 bits per heavy atom. The summed E-state index contributed by atoms with van der Waals surface area (Å²) in [5.74, 6) is 0.349. The third kappa shape index (κ3) is 3.80. The van der Waals surface area contributed by atoms with Gasteiger partial charge in [-0.2, -0.15) is 5.10 Å². The molecule has 0 fully saturated rings. The molecule has 0 saturated carbocycles. The van der Waals surface area contributed by atoms with Crippen molar-refractivity contribution in [3.63, 3.8) is 0 Å². The predicted molar refractivity (Wildman–Crippen MR) is 95.4 cm³/mol. The van der Waals surface area contributed by atoms with Crippen LogP contribution in [0, 0.1) is 24.0 Å². The first-order valence-corrected chi connectivity index (χ1v) is 7.60. The Hall–Kier alpha value is -2.68. The average Bonchev–Trinajstić information content (AvgIpc) is 2.78. The SMILES string of the molecule is COc1cc([N+](=O)[O-])ccc1NC(=S)NCc1c(C)nn(C)c1C. The molecular formula is C15H19N5O3S. The first kappa shape index (κ1) is 17.7. The zero-order chi connectivity index (χ0) is 17.9. The lowest BCUT2D eigenvalue weighted by Gasteiger charge is -2.13. The summed E-state index contributed by atoms with van der Waals surface area (Å²) in [6.07, 6.45) is 0. The molecule has 0 spiro atoms. The van der Waals surface area contributed by atoms with Gasteiger partial charge < -0.3 is 15.4 Å². The zero-order valence-electron chi connectivity index (χ0n) is 13.9. The third-order valence-corrected chi connectivity index (χ3v) is 3.98. The first-order valence-electron chi connectivity index (χ1n) is 7.19. The van der Waals surface area contributed by atoms with Crippen LogP contribution in [0.4, 0.5) is 11.4 Å². The number of rotatable bonds is 5. The minimum atomic E-state index is -0.475. The van der Waals surface area contributed by atoms with Crippen LogP contribution in [0.5, 0.6) is 5.75 Å². The molecule has 24 heavy (non-hydrogen) atoms. The van der Waals surface area contributed by atoms with Crippen LogP contribution >= 0.6 is 12.2 Å². The van der Waals surface area contributed by atoms with Crippen molar-refractivity contribution in [3.05, 3.63) is 45.3 Å². The summed E-state index contributed by atoms with van der Waals surface area (Å²) in [6, 6.07) is 4.30. The van der Waals surface area contributed by atoms with Crippen LogP contribution in [0.3, 0.4) is 0 Å². The van der Waals surface area contributed by atoms with Crippen molar-refractivity contribution in [3.8, 4) is 5.75 Å². The lowest BCUT2D eigenvalue weighted by Crippen LogP contribution is -2.28. The Bertz CT molecular complexity index is 788. The van der Waals surface area contributed by atoms with Crippen molar-refractivity contribution >= 4 is 28.7 Å². The summed E-state index contributed by atoms with van der Waals surface area (Å²) in [6.45, 7) is 4.47. The van der Waals surface area contributed by atoms with Crippen LogP contribution in [0.2, 0.25) is 0 Å². The van der Waals surface area contributed by atoms with E-state index < -0.39 is 4.92 Å². The van der Waals surface area contributed by atoms with Crippen LogP contribution in [-0.4, -0.2) is 26.9 Å². The van der Waals surface area contributed by atoms with Gasteiger partial charge in [0.2, 0.25) is 0 Å². The van der Waals surface area contributed by atoms with E-state index in [2.05, 4.69) is 15.7 Å². The Kier molecular flexibility index (Phi) is 5.35. The predicted octanol–water partition coefficient (Wildman–Crippen LogP) is 2.44. The topological polar surface area (TPSA) is 94.2 Å². The second-order valence-electron chi connectivity index (χ2n) is 5.22. The molecule has 0 aliphatic heterocycles. The molecule has 0 radical (unpaired) electrons. The summed E-state index contributed by atoms with van der Waals surface area (Å²) in [4.78, 5) is 10.3. The third-order valence-electron chi connectivity index (χ3n) is 3.73. The molecule has 1 heterocycles. The number of methoxy groups -OCH3 is 1. The molecule has 0 amide bonds. The maximum Gasteiger partial charge on any atom is 0.273 e. The highest BCUT2D eigenvalue weighted by Crippen LogP contribution is 2.28. The molecule has 0 bridgehead atoms. The van der Waals surface area contributed by atoms with Gasteiger partial charge in [-0.3, -0.25) is 14.8 Å². The van der Waals surface area contributed by atoms with E-state index in [1.807, 2.05) is 25.6 Å². The number of benzene rings is 1. The minimum Gasteiger partial charge on any atom is -0.494 e. The van der Waals surface area contributed by atoms with E-state index >= 15 is 0 Å². The molecule has 2 N–H and O–H groups in total. The smallest absolute Gasteiger partial charge is 0.273 e. The van der Waals surface area contributed by atoms with Crippen molar-refractivity contribution in [1.82, 2.24) is 15.1 Å². The molecule has 8 nitrogen and oxygen atoms in total. The standard InChI is InChI=1S/C15H19N5O3S/c1-9-12(10(2)19(3)18-9)8-16-15(24)17-13-6-5-11(20(21)22)7-14(13)23-4/h5-7H,8H2,1-4H3,(H2,16,17,24). The van der Waals surface area contributed by atoms with Gasteiger partial charge in [-0.15, -0.1) is 0 Å². The van der Waals surface area contributed by atoms with Crippen molar-refractivity contribution in [1.29, 1.82) is 0 Å². The first-order chi connectivity index (χ1) is 11.3. The number of nitro benzene ring substituents is 1. The fraction of sp³-hybridized carbons (Fsp3) is 0.333. The van der Waals surface area contributed by atoms with E-state index in [9.17, 15) is 10.1 Å². The van der Waals surface area contributed by atoms with Gasteiger partial charge in [0.25, 0.3) is 5.69 Å². The van der Waals surface area contributed by atoms with Crippen LogP contribution in [0.25, 0.3) is 0 Å². The number of non-ortho nitro benzene ring substituents is 1. The van der Waals surface area contributed by atoms with Crippen molar-refractivity contribution < 1.29 is 9.66 Å². The molecule has 2 rings (SSSR count). The maximum absolute atomic E-state index is 10.8. The molecule has 0 unspecified atom stereocenters. The largest absolute Gasteiger partial charge is 0.494 e. The van der Waals surface area contributed by atoms with Crippen molar-refractivity contribution in [2.75, 3.05) is 12.4 Å². The Balaban J connectivity index is 2.06. The van der Waals surface area contributed by atoms with E-state index in [4.69, 9.17) is 17.0 Å². The second-order valence-corrected chi connectivity index (χ2v) is 5.63. The van der Waals surface area contributed by atoms with E-state index in [1.54, 1.807) is 6.07 Å². The lowest BCUT2D eigenvalue weighted by atomic mass is 10.2. The number of nitro groups is 1. The van der Waals surface area contributed by atoms with Gasteiger partial charge >= 0.3 is 0 Å². The van der Waals surface area contributed by atoms with Crippen molar-refractivity contribution in [2.24, 2.45) is 7.05 Å². The number of ether oxygens (including phenoxy) is 1. The number of hydrogen-bond acceptors (Lipinski definition) is 5. The highest BCUT2D eigenvalue weighted by molar-refractivity contribution is 7.80.